The van der Waals surface area contributed by atoms with Gasteiger partial charge in [0.05, 0.1) is 0 Å². The number of hydrogen-bond donors (Lipinski definition) is 0. The van der Waals surface area contributed by atoms with Crippen LogP contribution < -0.4 is 0 Å². The molecule has 0 aliphatic carbocycles. The fourth-order valence-corrected chi connectivity index (χ4v) is 1.62. The van der Waals surface area contributed by atoms with Crippen LogP contribution in [0.4, 0.5) is 0 Å². The Morgan fingerprint density at radius 3 is 1.70 bits per heavy atom. The molecule has 1 aliphatic heterocycles. The summed E-state index contributed by atoms with van der Waals surface area (Å²) in [5, 5.41) is 0. The molecular weight excluding hydrogens is 257 g/mol. The Kier molecular flexibility index (Phi) is 6.88. The Labute approximate surface area is 77.2 Å². The van der Waals surface area contributed by atoms with Crippen LogP contribution in [0, 0.1) is 0 Å². The van der Waals surface area contributed by atoms with Crippen LogP contribution in [-0.4, -0.2) is 45.3 Å². The molecule has 2 radical (unpaired) electrons. The number of rotatable bonds is 0. The fraction of sp³-hybridized carbons (Fsp3) is 1.00. The fourth-order valence-electron chi connectivity index (χ4n) is 0.717. The predicted molar refractivity (Wildman–Crippen MR) is 41.2 cm³/mol. The van der Waals surface area contributed by atoms with Gasteiger partial charge in [0.15, 0.2) is 0 Å². The van der Waals surface area contributed by atoms with E-state index in [4.69, 9.17) is 8.42 Å². The Balaban J connectivity index is 0.000000180. The molecule has 0 bridgehead atoms. The monoisotopic (exact) mass is 269 g/mol. The third kappa shape index (κ3) is 8.71. The summed E-state index contributed by atoms with van der Waals surface area (Å²) in [5.74, 6) is 0. The zero-order chi connectivity index (χ0) is 7.98. The van der Waals surface area contributed by atoms with Gasteiger partial charge < -0.3 is 8.42 Å². The van der Waals surface area contributed by atoms with Gasteiger partial charge in [-0.2, -0.15) is 0 Å². The van der Waals surface area contributed by atoms with Crippen molar-refractivity contribution >= 4 is 33.5 Å². The van der Waals surface area contributed by atoms with Gasteiger partial charge in [-0.25, -0.2) is 0 Å². The molecule has 1 saturated heterocycles. The summed E-state index contributed by atoms with van der Waals surface area (Å²) >= 11 is 1.60. The topological polar surface area (TPSA) is 37.4 Å². The van der Waals surface area contributed by atoms with Crippen molar-refractivity contribution in [3.05, 3.63) is 0 Å². The number of hydrogen-bond acceptors (Lipinski definition) is 4. The Morgan fingerprint density at radius 1 is 1.30 bits per heavy atom. The van der Waals surface area contributed by atoms with Gasteiger partial charge in [0.2, 0.25) is 0 Å². The predicted octanol–water partition coefficient (Wildman–Crippen LogP) is 0.0912. The van der Waals surface area contributed by atoms with Crippen molar-refractivity contribution in [3.63, 3.8) is 0 Å². The van der Waals surface area contributed by atoms with Crippen molar-refractivity contribution in [1.29, 1.82) is 0 Å². The van der Waals surface area contributed by atoms with Gasteiger partial charge in [0.25, 0.3) is 0 Å². The second kappa shape index (κ2) is 6.42. The van der Waals surface area contributed by atoms with Gasteiger partial charge in [-0.3, -0.25) is 0 Å². The van der Waals surface area contributed by atoms with E-state index in [-0.39, 0.29) is 0 Å². The van der Waals surface area contributed by atoms with Gasteiger partial charge in [-0.15, -0.1) is 0 Å². The molecule has 1 heterocycles. The normalized spacial score (nSPS) is 18.6. The van der Waals surface area contributed by atoms with Crippen LogP contribution >= 0.6 is 0 Å². The molecule has 1 fully saturated rings. The van der Waals surface area contributed by atoms with Crippen LogP contribution in [0.25, 0.3) is 0 Å². The molecule has 0 amide bonds. The van der Waals surface area contributed by atoms with Gasteiger partial charge in [0, 0.05) is 0 Å². The van der Waals surface area contributed by atoms with Crippen LogP contribution in [0.3, 0.4) is 0 Å². The van der Waals surface area contributed by atoms with Crippen LogP contribution in [-0.2, 0) is 19.1 Å². The van der Waals surface area contributed by atoms with Crippen molar-refractivity contribution in [2.75, 3.05) is 19.3 Å². The molecule has 0 aromatic rings. The van der Waals surface area contributed by atoms with Gasteiger partial charge in [-0.1, -0.05) is 17.0 Å². The molecular formula is C5H11NO2SSn. The minimum atomic E-state index is -1.86. The number of nitrogens with zero attached hydrogens (tertiary/aromatic N) is 1. The Bertz CT molecular complexity index is 135. The quantitative estimate of drug-likeness (QED) is 0.461. The Hall–Kier alpha value is 0.709. The molecule has 0 spiro atoms. The summed E-state index contributed by atoms with van der Waals surface area (Å²) in [6.07, 6.45) is 3.95. The zero-order valence-electron chi connectivity index (χ0n) is 6.00. The molecule has 0 aromatic heterocycles. The van der Waals surface area contributed by atoms with E-state index in [0.29, 0.717) is 0 Å². The molecule has 1 aliphatic rings. The van der Waals surface area contributed by atoms with Crippen molar-refractivity contribution in [2.24, 2.45) is 0 Å². The molecule has 0 atom stereocenters. The first-order chi connectivity index (χ1) is 4.63. The molecule has 0 saturated carbocycles. The third-order valence-electron chi connectivity index (χ3n) is 1.11. The van der Waals surface area contributed by atoms with E-state index >= 15 is 0 Å². The van der Waals surface area contributed by atoms with E-state index in [1.54, 1.807) is 22.8 Å². The summed E-state index contributed by atoms with van der Waals surface area (Å²) in [4.78, 5) is 0. The summed E-state index contributed by atoms with van der Waals surface area (Å²) in [5.41, 5.74) is 0. The minimum absolute atomic E-state index is 1.08. The summed E-state index contributed by atoms with van der Waals surface area (Å²) in [6.45, 7) is 2.72. The van der Waals surface area contributed by atoms with Gasteiger partial charge >= 0.3 is 51.9 Å². The third-order valence-corrected chi connectivity index (χ3v) is 2.38. The van der Waals surface area contributed by atoms with Crippen LogP contribution in [0.2, 0.25) is 0 Å². The van der Waals surface area contributed by atoms with E-state index in [1.807, 2.05) is 0 Å². The van der Waals surface area contributed by atoms with Gasteiger partial charge in [0.1, 0.15) is 0 Å². The first kappa shape index (κ1) is 10.7. The van der Waals surface area contributed by atoms with E-state index in [9.17, 15) is 0 Å². The van der Waals surface area contributed by atoms with E-state index < -0.39 is 10.7 Å². The van der Waals surface area contributed by atoms with E-state index in [0.717, 1.165) is 6.26 Å². The van der Waals surface area contributed by atoms with E-state index in [2.05, 4.69) is 3.12 Å². The summed E-state index contributed by atoms with van der Waals surface area (Å²) < 4.78 is 20.5. The SMILES string of the molecule is C[S-](=O)=O.[Sn+][N]1CCCC1. The molecule has 1 rings (SSSR count). The maximum absolute atomic E-state index is 9.00. The Morgan fingerprint density at radius 2 is 1.60 bits per heavy atom. The molecule has 0 N–H and O–H groups in total. The second-order valence-electron chi connectivity index (χ2n) is 2.10. The molecule has 58 valence electrons. The van der Waals surface area contributed by atoms with Crippen molar-refractivity contribution in [1.82, 2.24) is 3.12 Å². The summed E-state index contributed by atoms with van der Waals surface area (Å²) in [7, 11) is -1.86. The molecule has 10 heavy (non-hydrogen) atoms. The van der Waals surface area contributed by atoms with Crippen molar-refractivity contribution in [3.8, 4) is 0 Å². The zero-order valence-corrected chi connectivity index (χ0v) is 9.67. The molecule has 0 unspecified atom stereocenters. The standard InChI is InChI=1S/C4H8N.CH3O2S.Sn/c1-2-4-5-3-1;1-4(2)3;/h1-4H2;1H3;/q2*-1;+2. The van der Waals surface area contributed by atoms with Crippen LogP contribution in [0.5, 0.6) is 0 Å². The second-order valence-corrected chi connectivity index (χ2v) is 4.70. The molecule has 0 aromatic carbocycles. The van der Waals surface area contributed by atoms with Crippen molar-refractivity contribution < 1.29 is 8.42 Å². The average Bonchev–Trinajstić information content (AvgIpc) is 2.15. The maximum atomic E-state index is 9.00. The molecule has 5 heteroatoms. The van der Waals surface area contributed by atoms with Gasteiger partial charge in [-0.05, 0) is 0 Å². The molecule has 3 nitrogen and oxygen atoms in total. The first-order valence-electron chi connectivity index (χ1n) is 3.10. The van der Waals surface area contributed by atoms with Crippen molar-refractivity contribution in [2.45, 2.75) is 12.8 Å². The van der Waals surface area contributed by atoms with Crippen LogP contribution in [0.1, 0.15) is 12.8 Å². The first-order valence-corrected chi connectivity index (χ1v) is 5.86. The van der Waals surface area contributed by atoms with Crippen LogP contribution in [0.15, 0.2) is 0 Å². The van der Waals surface area contributed by atoms with E-state index in [1.165, 1.54) is 25.9 Å². The average molecular weight is 268 g/mol. The summed E-state index contributed by atoms with van der Waals surface area (Å²) in [6, 6.07) is 0.